The molecule has 0 heterocycles. The van der Waals surface area contributed by atoms with Crippen LogP contribution in [0.3, 0.4) is 0 Å². The summed E-state index contributed by atoms with van der Waals surface area (Å²) < 4.78 is 0. The van der Waals surface area contributed by atoms with Gasteiger partial charge in [-0.15, -0.1) is 22.2 Å². The first-order valence-corrected chi connectivity index (χ1v) is 8.37. The van der Waals surface area contributed by atoms with E-state index in [4.69, 9.17) is 22.2 Å². The van der Waals surface area contributed by atoms with E-state index in [1.807, 2.05) is 12.1 Å². The molecule has 0 nitrogen and oxygen atoms in total. The van der Waals surface area contributed by atoms with Gasteiger partial charge in [-0.2, -0.15) is 0 Å². The number of benzene rings is 1. The minimum absolute atomic E-state index is 0.203. The summed E-state index contributed by atoms with van der Waals surface area (Å²) in [7, 11) is -1.66. The summed E-state index contributed by atoms with van der Waals surface area (Å²) in [5.41, 5.74) is 1.52. The molecule has 0 atom stereocenters. The van der Waals surface area contributed by atoms with Crippen molar-refractivity contribution in [1.29, 1.82) is 0 Å². The van der Waals surface area contributed by atoms with Gasteiger partial charge in [-0.1, -0.05) is 45.0 Å². The molecule has 0 saturated heterocycles. The van der Waals surface area contributed by atoms with Crippen LogP contribution >= 0.6 is 22.2 Å². The van der Waals surface area contributed by atoms with E-state index >= 15 is 0 Å². The number of hydrogen-bond donors (Lipinski definition) is 0. The summed E-state index contributed by atoms with van der Waals surface area (Å²) >= 11 is 11.7. The third-order valence-corrected chi connectivity index (χ3v) is 4.43. The molecule has 0 amide bonds. The molecule has 0 bridgehead atoms. The highest BCUT2D eigenvalue weighted by Gasteiger charge is 2.14. The summed E-state index contributed by atoms with van der Waals surface area (Å²) in [5.74, 6) is 0. The Morgan fingerprint density at radius 3 is 1.77 bits per heavy atom. The van der Waals surface area contributed by atoms with Gasteiger partial charge >= 0.3 is 0 Å². The Morgan fingerprint density at radius 2 is 1.46 bits per heavy atom. The first kappa shape index (κ1) is 11.1. The van der Waals surface area contributed by atoms with Crippen molar-refractivity contribution in [2.24, 2.45) is 0 Å². The summed E-state index contributed by atoms with van der Waals surface area (Å²) in [6.07, 6.45) is 0. The van der Waals surface area contributed by atoms with Crippen LogP contribution in [0.4, 0.5) is 0 Å². The SMILES string of the molecule is CC(C)(C)c1ccc([SiH](Cl)Cl)cc1. The van der Waals surface area contributed by atoms with Gasteiger partial charge in [0.1, 0.15) is 0 Å². The fraction of sp³-hybridized carbons (Fsp3) is 0.400. The zero-order valence-electron chi connectivity index (χ0n) is 8.14. The van der Waals surface area contributed by atoms with E-state index in [1.54, 1.807) is 0 Å². The van der Waals surface area contributed by atoms with Gasteiger partial charge in [-0.3, -0.25) is 0 Å². The Labute approximate surface area is 90.9 Å². The fourth-order valence-corrected chi connectivity index (χ4v) is 2.48. The highest BCUT2D eigenvalue weighted by molar-refractivity contribution is 7.39. The molecule has 72 valence electrons. The number of rotatable bonds is 1. The minimum Gasteiger partial charge on any atom is -0.144 e. The van der Waals surface area contributed by atoms with Crippen LogP contribution in [0.5, 0.6) is 0 Å². The highest BCUT2D eigenvalue weighted by Crippen LogP contribution is 2.20. The van der Waals surface area contributed by atoms with E-state index in [2.05, 4.69) is 32.9 Å². The molecule has 0 aliphatic heterocycles. The largest absolute Gasteiger partial charge is 0.266 e. The summed E-state index contributed by atoms with van der Waals surface area (Å²) in [6.45, 7) is 6.58. The smallest absolute Gasteiger partial charge is 0.144 e. The molecule has 1 aromatic rings. The van der Waals surface area contributed by atoms with Crippen molar-refractivity contribution >= 4 is 34.8 Å². The standard InChI is InChI=1S/C10H14Cl2Si/c1-10(2,3)8-4-6-9(7-5-8)13(11)12/h4-7,13H,1-3H3. The Morgan fingerprint density at radius 1 is 1.00 bits per heavy atom. The van der Waals surface area contributed by atoms with Crippen LogP contribution in [0.2, 0.25) is 0 Å². The van der Waals surface area contributed by atoms with Crippen molar-refractivity contribution in [2.75, 3.05) is 0 Å². The van der Waals surface area contributed by atoms with Crippen LogP contribution in [-0.2, 0) is 5.41 Å². The fourth-order valence-electron chi connectivity index (χ4n) is 1.13. The van der Waals surface area contributed by atoms with E-state index in [0.29, 0.717) is 0 Å². The summed E-state index contributed by atoms with van der Waals surface area (Å²) in [4.78, 5) is 0. The Bertz CT molecular complexity index is 272. The minimum atomic E-state index is -1.66. The van der Waals surface area contributed by atoms with Crippen molar-refractivity contribution in [3.63, 3.8) is 0 Å². The highest BCUT2D eigenvalue weighted by atomic mass is 35.7. The predicted octanol–water partition coefficient (Wildman–Crippen LogP) is 2.89. The van der Waals surface area contributed by atoms with E-state index in [9.17, 15) is 0 Å². The van der Waals surface area contributed by atoms with Crippen molar-refractivity contribution in [2.45, 2.75) is 26.2 Å². The molecular weight excluding hydrogens is 219 g/mol. The molecule has 0 unspecified atom stereocenters. The molecule has 0 aliphatic rings. The third-order valence-electron chi connectivity index (χ3n) is 2.03. The van der Waals surface area contributed by atoms with Gasteiger partial charge in [0.15, 0.2) is 0 Å². The average Bonchev–Trinajstić information content (AvgIpc) is 2.03. The normalized spacial score (nSPS) is 12.2. The molecule has 0 spiro atoms. The van der Waals surface area contributed by atoms with Crippen molar-refractivity contribution in [1.82, 2.24) is 0 Å². The first-order chi connectivity index (χ1) is 5.91. The summed E-state index contributed by atoms with van der Waals surface area (Å²) in [6, 6.07) is 8.30. The predicted molar refractivity (Wildman–Crippen MR) is 63.6 cm³/mol. The van der Waals surface area contributed by atoms with Crippen LogP contribution in [0.25, 0.3) is 0 Å². The van der Waals surface area contributed by atoms with E-state index in [0.717, 1.165) is 5.19 Å². The zero-order chi connectivity index (χ0) is 10.1. The number of hydrogen-bond acceptors (Lipinski definition) is 0. The van der Waals surface area contributed by atoms with Gasteiger partial charge < -0.3 is 0 Å². The maximum absolute atomic E-state index is 5.87. The number of halogens is 2. The average molecular weight is 233 g/mol. The molecule has 1 aromatic carbocycles. The molecule has 3 heteroatoms. The Balaban J connectivity index is 2.94. The Hall–Kier alpha value is 0.0169. The van der Waals surface area contributed by atoms with Gasteiger partial charge in [0.25, 0.3) is 7.42 Å². The van der Waals surface area contributed by atoms with Crippen molar-refractivity contribution < 1.29 is 0 Å². The second kappa shape index (κ2) is 4.03. The lowest BCUT2D eigenvalue weighted by atomic mass is 9.87. The second-order valence-electron chi connectivity index (χ2n) is 4.17. The lowest BCUT2D eigenvalue weighted by Gasteiger charge is -2.19. The van der Waals surface area contributed by atoms with Crippen LogP contribution in [0.1, 0.15) is 26.3 Å². The van der Waals surface area contributed by atoms with Crippen LogP contribution < -0.4 is 5.19 Å². The van der Waals surface area contributed by atoms with E-state index in [1.165, 1.54) is 5.56 Å². The zero-order valence-corrected chi connectivity index (χ0v) is 10.8. The van der Waals surface area contributed by atoms with Gasteiger partial charge in [-0.25, -0.2) is 0 Å². The first-order valence-electron chi connectivity index (χ1n) is 4.30. The van der Waals surface area contributed by atoms with Gasteiger partial charge in [0.05, 0.1) is 0 Å². The molecule has 1 rings (SSSR count). The molecular formula is C10H14Cl2Si. The molecule has 0 N–H and O–H groups in total. The maximum atomic E-state index is 5.87. The van der Waals surface area contributed by atoms with Crippen LogP contribution in [0, 0.1) is 0 Å². The van der Waals surface area contributed by atoms with E-state index < -0.39 is 7.42 Å². The topological polar surface area (TPSA) is 0 Å². The molecule has 0 aromatic heterocycles. The lowest BCUT2D eigenvalue weighted by molar-refractivity contribution is 0.590. The van der Waals surface area contributed by atoms with Crippen LogP contribution in [0.15, 0.2) is 24.3 Å². The Kier molecular flexibility index (Phi) is 3.44. The molecule has 0 aliphatic carbocycles. The van der Waals surface area contributed by atoms with E-state index in [-0.39, 0.29) is 5.41 Å². The molecule has 0 fully saturated rings. The lowest BCUT2D eigenvalue weighted by Crippen LogP contribution is -2.19. The molecule has 0 saturated carbocycles. The van der Waals surface area contributed by atoms with Gasteiger partial charge in [0.2, 0.25) is 0 Å². The van der Waals surface area contributed by atoms with Crippen LogP contribution in [-0.4, -0.2) is 7.42 Å². The van der Waals surface area contributed by atoms with Crippen molar-refractivity contribution in [3.8, 4) is 0 Å². The van der Waals surface area contributed by atoms with Gasteiger partial charge in [-0.05, 0) is 16.2 Å². The van der Waals surface area contributed by atoms with Gasteiger partial charge in [0, 0.05) is 0 Å². The molecule has 0 radical (unpaired) electrons. The van der Waals surface area contributed by atoms with Crippen molar-refractivity contribution in [3.05, 3.63) is 29.8 Å². The third kappa shape index (κ3) is 3.01. The quantitative estimate of drug-likeness (QED) is 0.517. The maximum Gasteiger partial charge on any atom is 0.266 e. The molecule has 13 heavy (non-hydrogen) atoms. The monoisotopic (exact) mass is 232 g/mol. The second-order valence-corrected chi connectivity index (χ2v) is 8.73. The summed E-state index contributed by atoms with van der Waals surface area (Å²) in [5, 5.41) is 1.09.